The number of ether oxygens (including phenoxy) is 1. The Morgan fingerprint density at radius 1 is 1.11 bits per heavy atom. The number of nitrogens with two attached hydrogens (primary N) is 1. The predicted molar refractivity (Wildman–Crippen MR) is 104 cm³/mol. The zero-order chi connectivity index (χ0) is 18.6. The van der Waals surface area contributed by atoms with E-state index in [0.29, 0.717) is 17.5 Å². The summed E-state index contributed by atoms with van der Waals surface area (Å²) in [4.78, 5) is 15.3. The highest BCUT2D eigenvalue weighted by atomic mass is 16.5. The third-order valence-electron chi connectivity index (χ3n) is 4.86. The molecule has 1 atom stereocenters. The van der Waals surface area contributed by atoms with E-state index in [1.165, 1.54) is 22.9 Å². The molecule has 0 radical (unpaired) electrons. The van der Waals surface area contributed by atoms with E-state index in [4.69, 9.17) is 10.5 Å². The van der Waals surface area contributed by atoms with E-state index in [0.717, 1.165) is 25.1 Å². The number of fused-ring (bicyclic) bond motifs is 1. The molecule has 4 rings (SSSR count). The molecule has 0 spiro atoms. The molecule has 1 amide bonds. The van der Waals surface area contributed by atoms with E-state index in [-0.39, 0.29) is 0 Å². The molecule has 1 aromatic heterocycles. The van der Waals surface area contributed by atoms with Gasteiger partial charge in [0.15, 0.2) is 0 Å². The van der Waals surface area contributed by atoms with Crippen LogP contribution >= 0.6 is 0 Å². The number of nitrogens with one attached hydrogen (secondary N) is 1. The van der Waals surface area contributed by atoms with Crippen molar-refractivity contribution in [3.8, 4) is 11.6 Å². The van der Waals surface area contributed by atoms with Gasteiger partial charge >= 0.3 is 0 Å². The van der Waals surface area contributed by atoms with Crippen LogP contribution < -0.4 is 15.8 Å². The van der Waals surface area contributed by atoms with E-state index < -0.39 is 5.91 Å². The molecule has 3 aromatic rings. The minimum absolute atomic E-state index is 0.314. The standard InChI is InChI=1S/C22H21N3O2/c23-22(26)16-9-12-21(25-14-16)27-20-8-4-7-17-18(20)10-11-19(17)24-13-15-5-2-1-3-6-15/h1-9,12,14,19,24H,10-11,13H2,(H2,23,26). The van der Waals surface area contributed by atoms with Crippen molar-refractivity contribution in [2.45, 2.75) is 25.4 Å². The van der Waals surface area contributed by atoms with E-state index in [2.05, 4.69) is 40.6 Å². The molecule has 0 aliphatic heterocycles. The number of aromatic nitrogens is 1. The fourth-order valence-corrected chi connectivity index (χ4v) is 3.46. The van der Waals surface area contributed by atoms with Crippen molar-refractivity contribution in [2.75, 3.05) is 0 Å². The highest BCUT2D eigenvalue weighted by Crippen LogP contribution is 2.38. The number of hydrogen-bond donors (Lipinski definition) is 2. The molecule has 2 aromatic carbocycles. The Morgan fingerprint density at radius 3 is 2.70 bits per heavy atom. The Kier molecular flexibility index (Phi) is 4.85. The zero-order valence-electron chi connectivity index (χ0n) is 14.9. The molecule has 0 bridgehead atoms. The Hall–Kier alpha value is -3.18. The van der Waals surface area contributed by atoms with Crippen LogP contribution in [0.25, 0.3) is 0 Å². The molecular formula is C22H21N3O2. The van der Waals surface area contributed by atoms with Crippen LogP contribution in [0.5, 0.6) is 11.6 Å². The summed E-state index contributed by atoms with van der Waals surface area (Å²) in [6.07, 6.45) is 3.43. The van der Waals surface area contributed by atoms with Crippen LogP contribution in [0, 0.1) is 0 Å². The number of carbonyl (C=O) groups is 1. The number of rotatable bonds is 6. The highest BCUT2D eigenvalue weighted by Gasteiger charge is 2.25. The molecule has 27 heavy (non-hydrogen) atoms. The van der Waals surface area contributed by atoms with Gasteiger partial charge in [0, 0.05) is 24.8 Å². The van der Waals surface area contributed by atoms with Crippen LogP contribution in [0.4, 0.5) is 0 Å². The van der Waals surface area contributed by atoms with Gasteiger partial charge in [-0.25, -0.2) is 4.98 Å². The SMILES string of the molecule is NC(=O)c1ccc(Oc2cccc3c2CCC3NCc2ccccc2)nc1. The van der Waals surface area contributed by atoms with E-state index in [1.807, 2.05) is 18.2 Å². The van der Waals surface area contributed by atoms with Crippen molar-refractivity contribution >= 4 is 5.91 Å². The smallest absolute Gasteiger partial charge is 0.250 e. The lowest BCUT2D eigenvalue weighted by Crippen LogP contribution is -2.18. The molecule has 0 saturated carbocycles. The Balaban J connectivity index is 1.48. The lowest BCUT2D eigenvalue weighted by Gasteiger charge is -2.15. The number of nitrogens with zero attached hydrogens (tertiary/aromatic N) is 1. The summed E-state index contributed by atoms with van der Waals surface area (Å²) in [5, 5.41) is 3.64. The second-order valence-corrected chi connectivity index (χ2v) is 6.63. The monoisotopic (exact) mass is 359 g/mol. The van der Waals surface area contributed by atoms with Gasteiger partial charge in [0.2, 0.25) is 11.8 Å². The van der Waals surface area contributed by atoms with Crippen molar-refractivity contribution < 1.29 is 9.53 Å². The average molecular weight is 359 g/mol. The van der Waals surface area contributed by atoms with Gasteiger partial charge in [0.25, 0.3) is 0 Å². The summed E-state index contributed by atoms with van der Waals surface area (Å²) in [7, 11) is 0. The molecule has 5 heteroatoms. The number of pyridine rings is 1. The first-order chi connectivity index (χ1) is 13.2. The number of carbonyl (C=O) groups excluding carboxylic acids is 1. The fourth-order valence-electron chi connectivity index (χ4n) is 3.46. The second kappa shape index (κ2) is 7.60. The summed E-state index contributed by atoms with van der Waals surface area (Å²) >= 11 is 0. The van der Waals surface area contributed by atoms with Crippen LogP contribution in [0.2, 0.25) is 0 Å². The maximum absolute atomic E-state index is 11.2. The molecule has 136 valence electrons. The molecule has 5 nitrogen and oxygen atoms in total. The number of benzene rings is 2. The molecule has 0 fully saturated rings. The van der Waals surface area contributed by atoms with Crippen LogP contribution in [-0.4, -0.2) is 10.9 Å². The quantitative estimate of drug-likeness (QED) is 0.703. The van der Waals surface area contributed by atoms with Crippen molar-refractivity contribution in [3.05, 3.63) is 89.1 Å². The molecule has 1 unspecified atom stereocenters. The van der Waals surface area contributed by atoms with Gasteiger partial charge in [0.05, 0.1) is 5.56 Å². The summed E-state index contributed by atoms with van der Waals surface area (Å²) in [6, 6.07) is 20.1. The minimum Gasteiger partial charge on any atom is -0.439 e. The summed E-state index contributed by atoms with van der Waals surface area (Å²) in [5.74, 6) is 0.770. The Labute approximate surface area is 158 Å². The van der Waals surface area contributed by atoms with Crippen LogP contribution in [-0.2, 0) is 13.0 Å². The zero-order valence-corrected chi connectivity index (χ0v) is 14.9. The molecule has 1 aliphatic rings. The Bertz CT molecular complexity index is 940. The third-order valence-corrected chi connectivity index (χ3v) is 4.86. The van der Waals surface area contributed by atoms with E-state index in [1.54, 1.807) is 12.1 Å². The maximum Gasteiger partial charge on any atom is 0.250 e. The van der Waals surface area contributed by atoms with Crippen molar-refractivity contribution in [1.82, 2.24) is 10.3 Å². The molecule has 1 heterocycles. The molecule has 1 aliphatic carbocycles. The average Bonchev–Trinajstić information content (AvgIpc) is 3.12. The second-order valence-electron chi connectivity index (χ2n) is 6.63. The summed E-state index contributed by atoms with van der Waals surface area (Å²) < 4.78 is 5.98. The van der Waals surface area contributed by atoms with Gasteiger partial charge < -0.3 is 15.8 Å². The number of primary amides is 1. The van der Waals surface area contributed by atoms with Crippen LogP contribution in [0.15, 0.2) is 66.9 Å². The van der Waals surface area contributed by atoms with Crippen molar-refractivity contribution in [1.29, 1.82) is 0 Å². The first-order valence-corrected chi connectivity index (χ1v) is 9.03. The van der Waals surface area contributed by atoms with Crippen LogP contribution in [0.3, 0.4) is 0 Å². The fraction of sp³-hybridized carbons (Fsp3) is 0.182. The lowest BCUT2D eigenvalue weighted by molar-refractivity contribution is 0.1000. The normalized spacial score (nSPS) is 15.3. The number of amides is 1. The first-order valence-electron chi connectivity index (χ1n) is 9.03. The van der Waals surface area contributed by atoms with Gasteiger partial charge in [-0.3, -0.25) is 4.79 Å². The Morgan fingerprint density at radius 2 is 1.96 bits per heavy atom. The topological polar surface area (TPSA) is 77.2 Å². The molecule has 0 saturated heterocycles. The third kappa shape index (κ3) is 3.83. The van der Waals surface area contributed by atoms with Gasteiger partial charge in [-0.05, 0) is 41.7 Å². The first kappa shape index (κ1) is 17.2. The van der Waals surface area contributed by atoms with Gasteiger partial charge in [-0.2, -0.15) is 0 Å². The minimum atomic E-state index is -0.498. The van der Waals surface area contributed by atoms with Crippen LogP contribution in [0.1, 0.15) is 39.5 Å². The summed E-state index contributed by atoms with van der Waals surface area (Å²) in [5.41, 5.74) is 9.38. The van der Waals surface area contributed by atoms with Gasteiger partial charge in [-0.1, -0.05) is 42.5 Å². The van der Waals surface area contributed by atoms with Crippen molar-refractivity contribution in [3.63, 3.8) is 0 Å². The largest absolute Gasteiger partial charge is 0.439 e. The lowest BCUT2D eigenvalue weighted by atomic mass is 10.1. The maximum atomic E-state index is 11.2. The highest BCUT2D eigenvalue weighted by molar-refractivity contribution is 5.92. The van der Waals surface area contributed by atoms with Crippen molar-refractivity contribution in [2.24, 2.45) is 5.73 Å². The predicted octanol–water partition coefficient (Wildman–Crippen LogP) is 3.75. The number of hydrogen-bond acceptors (Lipinski definition) is 4. The van der Waals surface area contributed by atoms with E-state index >= 15 is 0 Å². The molecular weight excluding hydrogens is 338 g/mol. The molecule has 3 N–H and O–H groups in total. The van der Waals surface area contributed by atoms with E-state index in [9.17, 15) is 4.79 Å². The summed E-state index contributed by atoms with van der Waals surface area (Å²) in [6.45, 7) is 0.839. The van der Waals surface area contributed by atoms with Gasteiger partial charge in [-0.15, -0.1) is 0 Å². The van der Waals surface area contributed by atoms with Gasteiger partial charge in [0.1, 0.15) is 5.75 Å².